The van der Waals surface area contributed by atoms with Gasteiger partial charge in [-0.2, -0.15) is 0 Å². The Morgan fingerprint density at radius 2 is 1.55 bits per heavy atom. The molecule has 2 fully saturated rings. The normalized spacial score (nSPS) is 24.2. The van der Waals surface area contributed by atoms with E-state index in [9.17, 15) is 19.5 Å². The second kappa shape index (κ2) is 18.3. The molecule has 1 heterocycles. The zero-order valence-corrected chi connectivity index (χ0v) is 32.5. The molecule has 1 spiro atoms. The van der Waals surface area contributed by atoms with Crippen molar-refractivity contribution in [2.24, 2.45) is 11.8 Å². The molecule has 2 amide bonds. The number of benzene rings is 2. The highest BCUT2D eigenvalue weighted by Crippen LogP contribution is 2.44. The number of thiocarbonyl (C=S) groups is 1. The number of rotatable bonds is 12. The standard InChI is InChI=1S/C21H31NO4S.C19H23NO3S/c1-5-15-9-11-21(12-10-15,20(24)26-6-2)22-19(23)13-16-7-8-17(25-3)14-18(16)27-4;1-3-12-6-8-19(9-7-12)17(21)16(18(22)20-19)15-5-4-14(23-2)10-13(15)11-24/h7-8,14-15H,5-6,9-13H2,1-4H3,(H,22,23);4-5,10-12,21H,3,6-9H2,1-2H3,(H,20,22). The number of ether oxygens (including phenoxy) is 3. The van der Waals surface area contributed by atoms with Gasteiger partial charge >= 0.3 is 5.97 Å². The predicted octanol–water partition coefficient (Wildman–Crippen LogP) is 7.76. The lowest BCUT2D eigenvalue weighted by molar-refractivity contribution is -0.155. The summed E-state index contributed by atoms with van der Waals surface area (Å²) in [6.45, 7) is 6.49. The van der Waals surface area contributed by atoms with Crippen LogP contribution in [-0.2, 0) is 25.5 Å². The van der Waals surface area contributed by atoms with Gasteiger partial charge in [0, 0.05) is 10.3 Å². The van der Waals surface area contributed by atoms with Crippen LogP contribution in [0.3, 0.4) is 0 Å². The molecule has 0 aromatic heterocycles. The minimum atomic E-state index is -0.884. The first-order valence-corrected chi connectivity index (χ1v) is 19.8. The van der Waals surface area contributed by atoms with Gasteiger partial charge in [-0.15, -0.1) is 11.8 Å². The summed E-state index contributed by atoms with van der Waals surface area (Å²) in [7, 11) is 3.21. The van der Waals surface area contributed by atoms with Crippen molar-refractivity contribution < 1.29 is 33.7 Å². The van der Waals surface area contributed by atoms with Gasteiger partial charge in [-0.3, -0.25) is 9.59 Å². The fourth-order valence-electron chi connectivity index (χ4n) is 7.58. The molecule has 0 atom stereocenters. The van der Waals surface area contributed by atoms with Crippen molar-refractivity contribution in [3.8, 4) is 11.5 Å². The fraction of sp³-hybridized carbons (Fsp3) is 0.550. The van der Waals surface area contributed by atoms with Crippen molar-refractivity contribution in [2.75, 3.05) is 27.1 Å². The van der Waals surface area contributed by atoms with E-state index < -0.39 is 11.1 Å². The Balaban J connectivity index is 0.000000230. The lowest BCUT2D eigenvalue weighted by Crippen LogP contribution is -2.57. The molecule has 0 radical (unpaired) electrons. The largest absolute Gasteiger partial charge is 0.509 e. The van der Waals surface area contributed by atoms with E-state index in [4.69, 9.17) is 26.4 Å². The molecule has 0 bridgehead atoms. The Kier molecular flexibility index (Phi) is 14.4. The summed E-state index contributed by atoms with van der Waals surface area (Å²) >= 11 is 6.67. The van der Waals surface area contributed by atoms with Crippen LogP contribution in [0.5, 0.6) is 11.5 Å². The molecule has 9 nitrogen and oxygen atoms in total. The predicted molar refractivity (Wildman–Crippen MR) is 207 cm³/mol. The second-order valence-electron chi connectivity index (χ2n) is 13.7. The highest BCUT2D eigenvalue weighted by atomic mass is 32.2. The number of hydrogen-bond donors (Lipinski definition) is 3. The Hall–Kier alpha value is -3.57. The molecule has 11 heteroatoms. The van der Waals surface area contributed by atoms with Crippen LogP contribution in [0, 0.1) is 11.8 Å². The van der Waals surface area contributed by atoms with Crippen molar-refractivity contribution in [1.82, 2.24) is 10.6 Å². The number of hydrogen-bond acceptors (Lipinski definition) is 9. The molecule has 0 unspecified atom stereocenters. The molecule has 51 heavy (non-hydrogen) atoms. The van der Waals surface area contributed by atoms with Gasteiger partial charge in [-0.1, -0.05) is 45.0 Å². The minimum absolute atomic E-state index is 0.140. The summed E-state index contributed by atoms with van der Waals surface area (Å²) in [4.78, 5) is 39.1. The van der Waals surface area contributed by atoms with E-state index in [1.54, 1.807) is 51.1 Å². The maximum Gasteiger partial charge on any atom is 0.331 e. The van der Waals surface area contributed by atoms with E-state index in [1.165, 1.54) is 5.37 Å². The van der Waals surface area contributed by atoms with Crippen LogP contribution in [0.2, 0.25) is 0 Å². The number of thioether (sulfide) groups is 1. The Labute approximate surface area is 312 Å². The monoisotopic (exact) mass is 738 g/mol. The van der Waals surface area contributed by atoms with Gasteiger partial charge in [0.25, 0.3) is 5.91 Å². The second-order valence-corrected chi connectivity index (χ2v) is 14.8. The van der Waals surface area contributed by atoms with Crippen LogP contribution >= 0.6 is 24.0 Å². The molecular formula is C40H54N2O7S2. The molecule has 3 aliphatic rings. The van der Waals surface area contributed by atoms with Gasteiger partial charge in [-0.05, 0) is 123 Å². The third kappa shape index (κ3) is 9.27. The molecule has 2 aliphatic carbocycles. The van der Waals surface area contributed by atoms with E-state index in [0.29, 0.717) is 53.7 Å². The average Bonchev–Trinajstić information content (AvgIpc) is 3.39. The first-order valence-electron chi connectivity index (χ1n) is 18.1. The molecule has 278 valence electrons. The molecule has 1 aliphatic heterocycles. The van der Waals surface area contributed by atoms with Crippen LogP contribution in [0.1, 0.15) is 102 Å². The van der Waals surface area contributed by atoms with Crippen molar-refractivity contribution in [2.45, 2.75) is 107 Å². The van der Waals surface area contributed by atoms with Crippen molar-refractivity contribution >= 4 is 52.7 Å². The van der Waals surface area contributed by atoms with E-state index in [0.717, 1.165) is 67.6 Å². The molecule has 3 N–H and O–H groups in total. The smallest absolute Gasteiger partial charge is 0.331 e. The number of carbonyl (C=O) groups is 3. The summed E-state index contributed by atoms with van der Waals surface area (Å²) < 4.78 is 15.8. The number of esters is 1. The van der Waals surface area contributed by atoms with Gasteiger partial charge in [0.05, 0.1) is 38.4 Å². The zero-order valence-electron chi connectivity index (χ0n) is 30.9. The third-order valence-electron chi connectivity index (χ3n) is 10.9. The number of methoxy groups -OCH3 is 2. The molecule has 5 rings (SSSR count). The number of amides is 2. The first kappa shape index (κ1) is 40.2. The van der Waals surface area contributed by atoms with Crippen molar-refractivity contribution in [1.29, 1.82) is 0 Å². The summed E-state index contributed by atoms with van der Waals surface area (Å²) in [5.74, 6) is 2.26. The SMILES string of the molecule is CCC1CCC2(CC1)NC(=O)C(c1ccc(OC)cc1C=S)=C2O.CCOC(=O)C1(NC(=O)Cc2ccc(OC)cc2SC)CCC(CC)CC1. The van der Waals surface area contributed by atoms with E-state index in [2.05, 4.69) is 24.5 Å². The Morgan fingerprint density at radius 1 is 0.961 bits per heavy atom. The lowest BCUT2D eigenvalue weighted by atomic mass is 9.75. The van der Waals surface area contributed by atoms with Gasteiger partial charge in [0.15, 0.2) is 0 Å². The highest BCUT2D eigenvalue weighted by Gasteiger charge is 2.48. The summed E-state index contributed by atoms with van der Waals surface area (Å²) in [5.41, 5.74) is 1.17. The number of nitrogens with one attached hydrogen (secondary N) is 2. The van der Waals surface area contributed by atoms with E-state index in [1.807, 2.05) is 24.5 Å². The van der Waals surface area contributed by atoms with Crippen LogP contribution in [0.15, 0.2) is 47.1 Å². The van der Waals surface area contributed by atoms with Gasteiger partial charge < -0.3 is 30.0 Å². The number of carbonyl (C=O) groups excluding carboxylic acids is 3. The lowest BCUT2D eigenvalue weighted by Gasteiger charge is -2.38. The molecule has 0 saturated heterocycles. The zero-order chi connectivity index (χ0) is 37.2. The van der Waals surface area contributed by atoms with Crippen molar-refractivity contribution in [3.63, 3.8) is 0 Å². The third-order valence-corrected chi connectivity index (χ3v) is 12.0. The quantitative estimate of drug-likeness (QED) is 0.114. The van der Waals surface area contributed by atoms with E-state index in [-0.39, 0.29) is 30.0 Å². The average molecular weight is 739 g/mol. The fourth-order valence-corrected chi connectivity index (χ4v) is 8.41. The summed E-state index contributed by atoms with van der Waals surface area (Å²) in [6, 6.07) is 11.1. The van der Waals surface area contributed by atoms with Gasteiger partial charge in [0.1, 0.15) is 22.8 Å². The van der Waals surface area contributed by atoms with Crippen LogP contribution < -0.4 is 20.1 Å². The molecule has 2 saturated carbocycles. The first-order chi connectivity index (χ1) is 24.5. The molecule has 2 aromatic rings. The Bertz CT molecular complexity index is 1590. The molecule has 2 aromatic carbocycles. The topological polar surface area (TPSA) is 123 Å². The van der Waals surface area contributed by atoms with Gasteiger partial charge in [-0.25, -0.2) is 4.79 Å². The summed E-state index contributed by atoms with van der Waals surface area (Å²) in [5, 5.41) is 18.5. The number of aliphatic hydroxyl groups excluding tert-OH is 1. The van der Waals surface area contributed by atoms with Gasteiger partial charge in [0.2, 0.25) is 5.91 Å². The van der Waals surface area contributed by atoms with Crippen molar-refractivity contribution in [3.05, 3.63) is 58.8 Å². The van der Waals surface area contributed by atoms with Crippen LogP contribution in [-0.4, -0.2) is 66.4 Å². The van der Waals surface area contributed by atoms with E-state index >= 15 is 0 Å². The Morgan fingerprint density at radius 3 is 2.10 bits per heavy atom. The maximum absolute atomic E-state index is 12.8. The maximum atomic E-state index is 12.8. The molecular weight excluding hydrogens is 685 g/mol. The van der Waals surface area contributed by atoms with Crippen LogP contribution in [0.25, 0.3) is 5.57 Å². The van der Waals surface area contributed by atoms with Crippen LogP contribution in [0.4, 0.5) is 0 Å². The minimum Gasteiger partial charge on any atom is -0.509 e. The number of aliphatic hydroxyl groups is 1. The summed E-state index contributed by atoms with van der Waals surface area (Å²) in [6.07, 6.45) is 11.3. The highest BCUT2D eigenvalue weighted by molar-refractivity contribution is 7.98.